The minimum absolute atomic E-state index is 0.0406. The number of nitrogens with zero attached hydrogens (tertiary/aromatic N) is 4. The number of likely N-dealkylation sites (tertiary alicyclic amines) is 1. The van der Waals surface area contributed by atoms with Gasteiger partial charge in [-0.2, -0.15) is 0 Å². The first kappa shape index (κ1) is 17.3. The molecule has 2 aromatic heterocycles. The molecule has 3 heterocycles. The van der Waals surface area contributed by atoms with Crippen LogP contribution in [0.2, 0.25) is 0 Å². The SMILES string of the molecule is CN(C)c1ncncc1NC(=O)C1CCN(C(=O)c2cccs2)CC1. The molecule has 0 saturated carbocycles. The van der Waals surface area contributed by atoms with E-state index in [1.165, 1.54) is 17.7 Å². The van der Waals surface area contributed by atoms with Gasteiger partial charge in [-0.25, -0.2) is 9.97 Å². The van der Waals surface area contributed by atoms with Gasteiger partial charge >= 0.3 is 0 Å². The molecule has 1 N–H and O–H groups in total. The molecule has 3 rings (SSSR count). The molecule has 0 aliphatic carbocycles. The molecule has 25 heavy (non-hydrogen) atoms. The molecule has 0 atom stereocenters. The van der Waals surface area contributed by atoms with Gasteiger partial charge in [0, 0.05) is 33.1 Å². The molecule has 1 fully saturated rings. The maximum Gasteiger partial charge on any atom is 0.263 e. The largest absolute Gasteiger partial charge is 0.361 e. The summed E-state index contributed by atoms with van der Waals surface area (Å²) >= 11 is 1.45. The lowest BCUT2D eigenvalue weighted by Gasteiger charge is -2.31. The molecule has 2 amide bonds. The van der Waals surface area contributed by atoms with Crippen molar-refractivity contribution in [2.45, 2.75) is 12.8 Å². The van der Waals surface area contributed by atoms with Crippen LogP contribution in [0, 0.1) is 5.92 Å². The molecule has 0 bridgehead atoms. The van der Waals surface area contributed by atoms with Crippen LogP contribution in [0.25, 0.3) is 0 Å². The van der Waals surface area contributed by atoms with Crippen molar-refractivity contribution >= 4 is 34.7 Å². The second kappa shape index (κ2) is 7.60. The number of aromatic nitrogens is 2. The highest BCUT2D eigenvalue weighted by molar-refractivity contribution is 7.12. The van der Waals surface area contributed by atoms with Gasteiger partial charge in [0.25, 0.3) is 5.91 Å². The number of anilines is 2. The molecule has 8 heteroatoms. The molecule has 1 saturated heterocycles. The number of piperidine rings is 1. The van der Waals surface area contributed by atoms with E-state index < -0.39 is 0 Å². The van der Waals surface area contributed by atoms with E-state index in [4.69, 9.17) is 0 Å². The van der Waals surface area contributed by atoms with Crippen molar-refractivity contribution in [3.05, 3.63) is 34.9 Å². The number of carbonyl (C=O) groups excluding carboxylic acids is 2. The number of amides is 2. The Hall–Kier alpha value is -2.48. The van der Waals surface area contributed by atoms with Crippen molar-refractivity contribution in [1.29, 1.82) is 0 Å². The normalized spacial score (nSPS) is 15.0. The zero-order valence-electron chi connectivity index (χ0n) is 14.3. The van der Waals surface area contributed by atoms with Crippen LogP contribution in [0.1, 0.15) is 22.5 Å². The first-order valence-electron chi connectivity index (χ1n) is 8.17. The van der Waals surface area contributed by atoms with Gasteiger partial charge in [-0.05, 0) is 24.3 Å². The standard InChI is InChI=1S/C17H21N5O2S/c1-21(2)15-13(10-18-11-19-15)20-16(23)12-5-7-22(8-6-12)17(24)14-4-3-9-25-14/h3-4,9-12H,5-8H2,1-2H3,(H,20,23). The summed E-state index contributed by atoms with van der Waals surface area (Å²) in [7, 11) is 3.74. The van der Waals surface area contributed by atoms with Gasteiger partial charge in [0.1, 0.15) is 12.0 Å². The van der Waals surface area contributed by atoms with Crippen LogP contribution in [-0.4, -0.2) is 53.9 Å². The summed E-state index contributed by atoms with van der Waals surface area (Å²) in [6, 6.07) is 3.71. The zero-order chi connectivity index (χ0) is 17.8. The molecule has 0 spiro atoms. The van der Waals surface area contributed by atoms with E-state index in [1.54, 1.807) is 6.20 Å². The van der Waals surface area contributed by atoms with Crippen LogP contribution in [0.3, 0.4) is 0 Å². The average Bonchev–Trinajstić information content (AvgIpc) is 3.16. The number of thiophene rings is 1. The lowest BCUT2D eigenvalue weighted by atomic mass is 9.95. The lowest BCUT2D eigenvalue weighted by Crippen LogP contribution is -2.41. The van der Waals surface area contributed by atoms with Crippen molar-refractivity contribution in [1.82, 2.24) is 14.9 Å². The molecule has 0 unspecified atom stereocenters. The van der Waals surface area contributed by atoms with E-state index in [-0.39, 0.29) is 17.7 Å². The van der Waals surface area contributed by atoms with Crippen LogP contribution in [0.5, 0.6) is 0 Å². The van der Waals surface area contributed by atoms with E-state index >= 15 is 0 Å². The van der Waals surface area contributed by atoms with Gasteiger partial charge < -0.3 is 15.1 Å². The first-order chi connectivity index (χ1) is 12.1. The Bertz CT molecular complexity index is 739. The van der Waals surface area contributed by atoms with Crippen LogP contribution < -0.4 is 10.2 Å². The molecular formula is C17H21N5O2S. The Morgan fingerprint density at radius 1 is 1.32 bits per heavy atom. The Kier molecular flexibility index (Phi) is 5.28. The number of carbonyl (C=O) groups is 2. The zero-order valence-corrected chi connectivity index (χ0v) is 15.1. The van der Waals surface area contributed by atoms with Gasteiger partial charge in [-0.1, -0.05) is 6.07 Å². The van der Waals surface area contributed by atoms with Crippen molar-refractivity contribution < 1.29 is 9.59 Å². The molecule has 132 valence electrons. The monoisotopic (exact) mass is 359 g/mol. The minimum atomic E-state index is -0.109. The Morgan fingerprint density at radius 2 is 2.08 bits per heavy atom. The fourth-order valence-electron chi connectivity index (χ4n) is 2.90. The topological polar surface area (TPSA) is 78.4 Å². The second-order valence-electron chi connectivity index (χ2n) is 6.19. The van der Waals surface area contributed by atoms with E-state index in [2.05, 4.69) is 15.3 Å². The quantitative estimate of drug-likeness (QED) is 0.904. The number of rotatable bonds is 4. The van der Waals surface area contributed by atoms with Crippen LogP contribution in [0.4, 0.5) is 11.5 Å². The van der Waals surface area contributed by atoms with Crippen molar-refractivity contribution in [3.63, 3.8) is 0 Å². The van der Waals surface area contributed by atoms with Crippen molar-refractivity contribution in [2.24, 2.45) is 5.92 Å². The number of nitrogens with one attached hydrogen (secondary N) is 1. The van der Waals surface area contributed by atoms with E-state index in [0.29, 0.717) is 37.4 Å². The molecule has 2 aromatic rings. The summed E-state index contributed by atoms with van der Waals surface area (Å²) in [6.07, 6.45) is 4.39. The lowest BCUT2D eigenvalue weighted by molar-refractivity contribution is -0.121. The fourth-order valence-corrected chi connectivity index (χ4v) is 3.59. The van der Waals surface area contributed by atoms with E-state index in [0.717, 1.165) is 4.88 Å². The highest BCUT2D eigenvalue weighted by atomic mass is 32.1. The van der Waals surface area contributed by atoms with Gasteiger partial charge in [-0.15, -0.1) is 11.3 Å². The van der Waals surface area contributed by atoms with Gasteiger partial charge in [0.15, 0.2) is 5.82 Å². The smallest absolute Gasteiger partial charge is 0.263 e. The maximum absolute atomic E-state index is 12.6. The third kappa shape index (κ3) is 3.96. The van der Waals surface area contributed by atoms with Crippen LogP contribution in [0.15, 0.2) is 30.0 Å². The Morgan fingerprint density at radius 3 is 2.72 bits per heavy atom. The minimum Gasteiger partial charge on any atom is -0.361 e. The highest BCUT2D eigenvalue weighted by Crippen LogP contribution is 2.24. The molecule has 0 radical (unpaired) electrons. The van der Waals surface area contributed by atoms with Crippen LogP contribution >= 0.6 is 11.3 Å². The summed E-state index contributed by atoms with van der Waals surface area (Å²) in [4.78, 5) is 37.5. The molecule has 1 aliphatic rings. The number of hydrogen-bond donors (Lipinski definition) is 1. The predicted molar refractivity (Wildman–Crippen MR) is 97.9 cm³/mol. The van der Waals surface area contributed by atoms with Crippen molar-refractivity contribution in [2.75, 3.05) is 37.4 Å². The van der Waals surface area contributed by atoms with E-state index in [9.17, 15) is 9.59 Å². The molecular weight excluding hydrogens is 338 g/mol. The molecule has 7 nitrogen and oxygen atoms in total. The third-order valence-electron chi connectivity index (χ3n) is 4.26. The van der Waals surface area contributed by atoms with Gasteiger partial charge in [0.2, 0.25) is 5.91 Å². The maximum atomic E-state index is 12.6. The first-order valence-corrected chi connectivity index (χ1v) is 9.05. The fraction of sp³-hybridized carbons (Fsp3) is 0.412. The second-order valence-corrected chi connectivity index (χ2v) is 7.14. The average molecular weight is 359 g/mol. The molecule has 1 aliphatic heterocycles. The summed E-state index contributed by atoms with van der Waals surface area (Å²) in [6.45, 7) is 1.20. The summed E-state index contributed by atoms with van der Waals surface area (Å²) < 4.78 is 0. The third-order valence-corrected chi connectivity index (χ3v) is 5.12. The summed E-state index contributed by atoms with van der Waals surface area (Å²) in [5.41, 5.74) is 0.606. The van der Waals surface area contributed by atoms with E-state index in [1.807, 2.05) is 41.4 Å². The van der Waals surface area contributed by atoms with Gasteiger partial charge in [-0.3, -0.25) is 9.59 Å². The Balaban J connectivity index is 1.58. The van der Waals surface area contributed by atoms with Crippen molar-refractivity contribution in [3.8, 4) is 0 Å². The predicted octanol–water partition coefficient (Wildman–Crippen LogP) is 2.09. The number of hydrogen-bond acceptors (Lipinski definition) is 6. The Labute approximate surface area is 150 Å². The van der Waals surface area contributed by atoms with Gasteiger partial charge in [0.05, 0.1) is 11.1 Å². The highest BCUT2D eigenvalue weighted by Gasteiger charge is 2.28. The molecule has 0 aromatic carbocycles. The van der Waals surface area contributed by atoms with Crippen LogP contribution in [-0.2, 0) is 4.79 Å². The summed E-state index contributed by atoms with van der Waals surface area (Å²) in [5.74, 6) is 0.581. The summed E-state index contributed by atoms with van der Waals surface area (Å²) in [5, 5.41) is 4.83.